The van der Waals surface area contributed by atoms with Crippen LogP contribution in [0.1, 0.15) is 13.3 Å². The fraction of sp³-hybridized carbons (Fsp3) is 0.364. The highest BCUT2D eigenvalue weighted by atomic mass is 16.4. The normalized spacial score (nSPS) is 12.9. The maximum atomic E-state index is 9.03. The van der Waals surface area contributed by atoms with E-state index in [1.807, 2.05) is 31.2 Å². The van der Waals surface area contributed by atoms with Gasteiger partial charge in [0, 0.05) is 0 Å². The zero-order valence-electron chi connectivity index (χ0n) is 8.60. The molecule has 0 saturated heterocycles. The van der Waals surface area contributed by atoms with Gasteiger partial charge in [-0.3, -0.25) is 0 Å². The van der Waals surface area contributed by atoms with Gasteiger partial charge in [-0.2, -0.15) is 4.98 Å². The Balaban J connectivity index is 2.21. The number of aliphatic hydroxyl groups excluding tert-OH is 1. The molecule has 1 atom stereocenters. The van der Waals surface area contributed by atoms with Crippen LogP contribution >= 0.6 is 0 Å². The van der Waals surface area contributed by atoms with Crippen molar-refractivity contribution in [2.45, 2.75) is 19.4 Å². The predicted molar refractivity (Wildman–Crippen MR) is 58.8 cm³/mol. The number of hydrogen-bond acceptors (Lipinski definition) is 4. The molecule has 0 bridgehead atoms. The van der Waals surface area contributed by atoms with Gasteiger partial charge in [0.2, 0.25) is 0 Å². The number of benzene rings is 1. The Labute approximate surface area is 87.9 Å². The first-order valence-corrected chi connectivity index (χ1v) is 5.06. The molecule has 0 fully saturated rings. The van der Waals surface area contributed by atoms with Crippen LogP contribution < -0.4 is 5.32 Å². The van der Waals surface area contributed by atoms with Crippen molar-refractivity contribution in [3.05, 3.63) is 24.3 Å². The molecule has 1 aromatic carbocycles. The molecular formula is C11H14N2O2. The van der Waals surface area contributed by atoms with Gasteiger partial charge in [0.05, 0.1) is 12.6 Å². The van der Waals surface area contributed by atoms with E-state index in [0.29, 0.717) is 6.01 Å². The molecule has 0 radical (unpaired) electrons. The maximum absolute atomic E-state index is 9.03. The minimum Gasteiger partial charge on any atom is -0.424 e. The highest BCUT2D eigenvalue weighted by molar-refractivity contribution is 5.74. The average Bonchev–Trinajstić information content (AvgIpc) is 2.68. The second kappa shape index (κ2) is 4.31. The summed E-state index contributed by atoms with van der Waals surface area (Å²) in [5, 5.41) is 12.1. The zero-order valence-corrected chi connectivity index (χ0v) is 8.60. The van der Waals surface area contributed by atoms with Gasteiger partial charge < -0.3 is 14.8 Å². The minimum atomic E-state index is -0.00179. The number of nitrogens with one attached hydrogen (secondary N) is 1. The highest BCUT2D eigenvalue weighted by Crippen LogP contribution is 2.18. The molecule has 0 saturated carbocycles. The minimum absolute atomic E-state index is 0.00179. The van der Waals surface area contributed by atoms with E-state index in [2.05, 4.69) is 10.3 Å². The third-order valence-corrected chi connectivity index (χ3v) is 2.33. The second-order valence-corrected chi connectivity index (χ2v) is 3.42. The lowest BCUT2D eigenvalue weighted by atomic mass is 10.2. The van der Waals surface area contributed by atoms with E-state index in [-0.39, 0.29) is 12.6 Å². The first kappa shape index (κ1) is 9.98. The number of para-hydroxylation sites is 2. The molecule has 4 heteroatoms. The summed E-state index contributed by atoms with van der Waals surface area (Å²) in [5.74, 6) is 0. The molecule has 2 rings (SSSR count). The third kappa shape index (κ3) is 2.10. The fourth-order valence-corrected chi connectivity index (χ4v) is 1.39. The number of nitrogens with zero attached hydrogens (tertiary/aromatic N) is 1. The quantitative estimate of drug-likeness (QED) is 0.803. The van der Waals surface area contributed by atoms with Crippen LogP contribution in [-0.2, 0) is 0 Å². The molecule has 0 spiro atoms. The van der Waals surface area contributed by atoms with Crippen LogP contribution in [0.2, 0.25) is 0 Å². The van der Waals surface area contributed by atoms with Crippen molar-refractivity contribution < 1.29 is 9.52 Å². The van der Waals surface area contributed by atoms with Crippen LogP contribution in [0.5, 0.6) is 0 Å². The zero-order chi connectivity index (χ0) is 10.7. The monoisotopic (exact) mass is 206 g/mol. The highest BCUT2D eigenvalue weighted by Gasteiger charge is 2.09. The van der Waals surface area contributed by atoms with Gasteiger partial charge >= 0.3 is 0 Å². The Morgan fingerprint density at radius 2 is 2.27 bits per heavy atom. The van der Waals surface area contributed by atoms with Gasteiger partial charge in [0.25, 0.3) is 6.01 Å². The second-order valence-electron chi connectivity index (χ2n) is 3.42. The van der Waals surface area contributed by atoms with Gasteiger partial charge in [-0.05, 0) is 18.6 Å². The molecule has 2 N–H and O–H groups in total. The number of oxazole rings is 1. The van der Waals surface area contributed by atoms with Crippen LogP contribution in [0.3, 0.4) is 0 Å². The maximum Gasteiger partial charge on any atom is 0.295 e. The standard InChI is InChI=1S/C11H14N2O2/c1-2-8(7-14)12-11-13-9-5-3-4-6-10(9)15-11/h3-6,8,14H,2,7H2,1H3,(H,12,13). The van der Waals surface area contributed by atoms with Crippen LogP contribution in [0.4, 0.5) is 6.01 Å². The van der Waals surface area contributed by atoms with Crippen LogP contribution in [-0.4, -0.2) is 22.7 Å². The lowest BCUT2D eigenvalue weighted by molar-refractivity contribution is 0.270. The van der Waals surface area contributed by atoms with E-state index in [1.165, 1.54) is 0 Å². The molecular weight excluding hydrogens is 192 g/mol. The molecule has 0 aliphatic rings. The Morgan fingerprint density at radius 1 is 1.47 bits per heavy atom. The Hall–Kier alpha value is -1.55. The van der Waals surface area contributed by atoms with E-state index in [9.17, 15) is 0 Å². The molecule has 0 aliphatic heterocycles. The van der Waals surface area contributed by atoms with Gasteiger partial charge in [-0.25, -0.2) is 0 Å². The van der Waals surface area contributed by atoms with E-state index in [0.717, 1.165) is 17.5 Å². The number of rotatable bonds is 4. The summed E-state index contributed by atoms with van der Waals surface area (Å²) in [6, 6.07) is 8.05. The van der Waals surface area contributed by atoms with Gasteiger partial charge in [-0.1, -0.05) is 19.1 Å². The molecule has 0 amide bonds. The number of fused-ring (bicyclic) bond motifs is 1. The van der Waals surface area contributed by atoms with E-state index < -0.39 is 0 Å². The first-order valence-electron chi connectivity index (χ1n) is 5.06. The van der Waals surface area contributed by atoms with Gasteiger partial charge in [0.15, 0.2) is 5.58 Å². The fourth-order valence-electron chi connectivity index (χ4n) is 1.39. The largest absolute Gasteiger partial charge is 0.424 e. The SMILES string of the molecule is CCC(CO)Nc1nc2ccccc2o1. The molecule has 1 aromatic heterocycles. The molecule has 4 nitrogen and oxygen atoms in total. The van der Waals surface area contributed by atoms with Crippen molar-refractivity contribution >= 4 is 17.1 Å². The summed E-state index contributed by atoms with van der Waals surface area (Å²) in [6.07, 6.45) is 0.829. The summed E-state index contributed by atoms with van der Waals surface area (Å²) >= 11 is 0. The number of aliphatic hydroxyl groups is 1. The average molecular weight is 206 g/mol. The lowest BCUT2D eigenvalue weighted by Crippen LogP contribution is -2.22. The number of hydrogen-bond donors (Lipinski definition) is 2. The predicted octanol–water partition coefficient (Wildman–Crippen LogP) is 2.01. The van der Waals surface area contributed by atoms with Crippen molar-refractivity contribution in [1.29, 1.82) is 0 Å². The smallest absolute Gasteiger partial charge is 0.295 e. The first-order chi connectivity index (χ1) is 7.33. The van der Waals surface area contributed by atoms with Crippen LogP contribution in [0.25, 0.3) is 11.1 Å². The molecule has 0 aliphatic carbocycles. The molecule has 1 unspecified atom stereocenters. The van der Waals surface area contributed by atoms with Crippen LogP contribution in [0.15, 0.2) is 28.7 Å². The molecule has 1 heterocycles. The summed E-state index contributed by atoms with van der Waals surface area (Å²) in [7, 11) is 0. The van der Waals surface area contributed by atoms with Gasteiger partial charge in [0.1, 0.15) is 5.52 Å². The molecule has 80 valence electrons. The van der Waals surface area contributed by atoms with Crippen molar-refractivity contribution in [2.24, 2.45) is 0 Å². The topological polar surface area (TPSA) is 58.3 Å². The molecule has 2 aromatic rings. The molecule has 15 heavy (non-hydrogen) atoms. The Kier molecular flexibility index (Phi) is 2.87. The summed E-state index contributed by atoms with van der Waals surface area (Å²) in [5.41, 5.74) is 1.58. The summed E-state index contributed by atoms with van der Waals surface area (Å²) in [6.45, 7) is 2.08. The van der Waals surface area contributed by atoms with Crippen molar-refractivity contribution in [3.8, 4) is 0 Å². The number of aromatic nitrogens is 1. The van der Waals surface area contributed by atoms with Crippen LogP contribution in [0, 0.1) is 0 Å². The van der Waals surface area contributed by atoms with E-state index >= 15 is 0 Å². The van der Waals surface area contributed by atoms with Crippen molar-refractivity contribution in [3.63, 3.8) is 0 Å². The van der Waals surface area contributed by atoms with Gasteiger partial charge in [-0.15, -0.1) is 0 Å². The Morgan fingerprint density at radius 3 is 2.93 bits per heavy atom. The lowest BCUT2D eigenvalue weighted by Gasteiger charge is -2.10. The number of anilines is 1. The van der Waals surface area contributed by atoms with E-state index in [1.54, 1.807) is 0 Å². The Bertz CT molecular complexity index is 402. The summed E-state index contributed by atoms with van der Waals surface area (Å²) in [4.78, 5) is 4.26. The third-order valence-electron chi connectivity index (χ3n) is 2.33. The van der Waals surface area contributed by atoms with E-state index in [4.69, 9.17) is 9.52 Å². The van der Waals surface area contributed by atoms with Crippen molar-refractivity contribution in [2.75, 3.05) is 11.9 Å². The summed E-state index contributed by atoms with van der Waals surface area (Å²) < 4.78 is 5.47. The van der Waals surface area contributed by atoms with Crippen molar-refractivity contribution in [1.82, 2.24) is 4.98 Å².